The number of nitro benzene ring substituents is 1. The summed E-state index contributed by atoms with van der Waals surface area (Å²) in [4.78, 5) is 25.2. The normalized spacial score (nSPS) is 24.7. The minimum absolute atomic E-state index is 0.0553. The second kappa shape index (κ2) is 5.75. The van der Waals surface area contributed by atoms with Gasteiger partial charge in [0.2, 0.25) is 0 Å². The highest BCUT2D eigenvalue weighted by molar-refractivity contribution is 9.10. The quantitative estimate of drug-likeness (QED) is 0.601. The highest BCUT2D eigenvalue weighted by atomic mass is 79.9. The number of amides is 1. The average molecular weight is 353 g/mol. The lowest BCUT2D eigenvalue weighted by molar-refractivity contribution is -0.385. The fourth-order valence-corrected chi connectivity index (χ4v) is 4.22. The molecule has 2 atom stereocenters. The van der Waals surface area contributed by atoms with Gasteiger partial charge in [-0.25, -0.2) is 0 Å². The molecule has 1 aliphatic carbocycles. The summed E-state index contributed by atoms with van der Waals surface area (Å²) in [5.41, 5.74) is 0.343. The molecule has 2 aliphatic rings. The molecule has 0 radical (unpaired) electrons. The van der Waals surface area contributed by atoms with E-state index in [4.69, 9.17) is 0 Å². The monoisotopic (exact) mass is 352 g/mol. The van der Waals surface area contributed by atoms with Crippen molar-refractivity contribution in [1.82, 2.24) is 4.90 Å². The van der Waals surface area contributed by atoms with E-state index in [-0.39, 0.29) is 11.6 Å². The van der Waals surface area contributed by atoms with Crippen LogP contribution in [0, 0.1) is 16.0 Å². The Balaban J connectivity index is 1.89. The van der Waals surface area contributed by atoms with Crippen LogP contribution in [0.1, 0.15) is 42.5 Å². The van der Waals surface area contributed by atoms with E-state index >= 15 is 0 Å². The molecule has 21 heavy (non-hydrogen) atoms. The fraction of sp³-hybridized carbons (Fsp3) is 0.533. The van der Waals surface area contributed by atoms with Crippen molar-refractivity contribution in [3.05, 3.63) is 38.3 Å². The first-order valence-corrected chi connectivity index (χ1v) is 8.12. The number of fused-ring (bicyclic) bond motifs is 1. The highest BCUT2D eigenvalue weighted by Crippen LogP contribution is 2.38. The van der Waals surface area contributed by atoms with Gasteiger partial charge in [-0.2, -0.15) is 0 Å². The Labute approximate surface area is 131 Å². The number of rotatable bonds is 2. The Kier molecular flexibility index (Phi) is 3.97. The van der Waals surface area contributed by atoms with E-state index in [0.717, 1.165) is 19.4 Å². The van der Waals surface area contributed by atoms with Crippen LogP contribution in [0.25, 0.3) is 0 Å². The number of hydrogen-bond donors (Lipinski definition) is 0. The Bertz CT molecular complexity index is 590. The summed E-state index contributed by atoms with van der Waals surface area (Å²) < 4.78 is 0.291. The first-order valence-electron chi connectivity index (χ1n) is 7.33. The van der Waals surface area contributed by atoms with Crippen molar-refractivity contribution in [2.24, 2.45) is 5.92 Å². The molecule has 2 fully saturated rings. The summed E-state index contributed by atoms with van der Waals surface area (Å²) in [5.74, 6) is 0.528. The van der Waals surface area contributed by atoms with Gasteiger partial charge in [0.1, 0.15) is 4.47 Å². The Morgan fingerprint density at radius 1 is 1.29 bits per heavy atom. The third kappa shape index (κ3) is 2.57. The first-order chi connectivity index (χ1) is 10.1. The van der Waals surface area contributed by atoms with Gasteiger partial charge in [-0.1, -0.05) is 18.9 Å². The second-order valence-electron chi connectivity index (χ2n) is 5.79. The van der Waals surface area contributed by atoms with Crippen molar-refractivity contribution in [2.75, 3.05) is 6.54 Å². The number of carbonyl (C=O) groups excluding carboxylic acids is 1. The summed E-state index contributed by atoms with van der Waals surface area (Å²) >= 11 is 3.23. The zero-order chi connectivity index (χ0) is 15.0. The molecule has 1 aromatic carbocycles. The van der Waals surface area contributed by atoms with Crippen molar-refractivity contribution >= 4 is 27.5 Å². The van der Waals surface area contributed by atoms with E-state index in [0.29, 0.717) is 22.0 Å². The molecule has 1 amide bonds. The topological polar surface area (TPSA) is 63.4 Å². The average Bonchev–Trinajstić information content (AvgIpc) is 2.90. The van der Waals surface area contributed by atoms with Crippen LogP contribution in [0.3, 0.4) is 0 Å². The molecule has 6 heteroatoms. The van der Waals surface area contributed by atoms with E-state index in [2.05, 4.69) is 15.9 Å². The molecule has 1 saturated heterocycles. The van der Waals surface area contributed by atoms with Crippen LogP contribution < -0.4 is 0 Å². The van der Waals surface area contributed by atoms with Gasteiger partial charge < -0.3 is 4.90 Å². The van der Waals surface area contributed by atoms with Gasteiger partial charge in [0.05, 0.1) is 10.5 Å². The van der Waals surface area contributed by atoms with Crippen LogP contribution in [0.5, 0.6) is 0 Å². The zero-order valence-corrected chi connectivity index (χ0v) is 13.2. The number of hydrogen-bond acceptors (Lipinski definition) is 3. The predicted octanol–water partition coefficient (Wildman–Crippen LogP) is 3.76. The van der Waals surface area contributed by atoms with E-state index in [1.807, 2.05) is 4.90 Å². The SMILES string of the molecule is O=C(c1cccc([N+](=O)[O-])c1Br)N1CCC2CCCCC21. The summed E-state index contributed by atoms with van der Waals surface area (Å²) in [7, 11) is 0. The number of carbonyl (C=O) groups is 1. The Morgan fingerprint density at radius 2 is 2.05 bits per heavy atom. The fourth-order valence-electron chi connectivity index (χ4n) is 3.64. The van der Waals surface area contributed by atoms with Crippen LogP contribution in [-0.2, 0) is 0 Å². The molecule has 0 bridgehead atoms. The van der Waals surface area contributed by atoms with Crippen molar-refractivity contribution < 1.29 is 9.72 Å². The minimum atomic E-state index is -0.464. The molecule has 1 heterocycles. The van der Waals surface area contributed by atoms with Crippen molar-refractivity contribution in [2.45, 2.75) is 38.1 Å². The molecule has 3 rings (SSSR count). The third-order valence-electron chi connectivity index (χ3n) is 4.68. The number of likely N-dealkylation sites (tertiary alicyclic amines) is 1. The lowest BCUT2D eigenvalue weighted by Gasteiger charge is -2.31. The molecule has 5 nitrogen and oxygen atoms in total. The third-order valence-corrected chi connectivity index (χ3v) is 5.51. The molecule has 1 saturated carbocycles. The van der Waals surface area contributed by atoms with Gasteiger partial charge in [0, 0.05) is 18.7 Å². The second-order valence-corrected chi connectivity index (χ2v) is 6.59. The predicted molar refractivity (Wildman–Crippen MR) is 82.2 cm³/mol. The molecule has 1 aromatic rings. The number of nitro groups is 1. The molecular weight excluding hydrogens is 336 g/mol. The molecule has 1 aliphatic heterocycles. The lowest BCUT2D eigenvalue weighted by Crippen LogP contribution is -2.39. The molecule has 0 N–H and O–H groups in total. The maximum absolute atomic E-state index is 12.8. The van der Waals surface area contributed by atoms with Gasteiger partial charge in [-0.05, 0) is 47.2 Å². The summed E-state index contributed by atoms with van der Waals surface area (Å²) in [6.45, 7) is 0.767. The highest BCUT2D eigenvalue weighted by Gasteiger charge is 2.39. The molecule has 0 aromatic heterocycles. The Morgan fingerprint density at radius 3 is 2.81 bits per heavy atom. The first kappa shape index (κ1) is 14.5. The van der Waals surface area contributed by atoms with Gasteiger partial charge in [-0.15, -0.1) is 0 Å². The van der Waals surface area contributed by atoms with Gasteiger partial charge in [0.25, 0.3) is 11.6 Å². The van der Waals surface area contributed by atoms with E-state index in [9.17, 15) is 14.9 Å². The zero-order valence-electron chi connectivity index (χ0n) is 11.6. The minimum Gasteiger partial charge on any atom is -0.335 e. The standard InChI is InChI=1S/C15H17BrN2O3/c16-14-11(5-3-7-13(14)18(20)21)15(19)17-9-8-10-4-1-2-6-12(10)17/h3,5,7,10,12H,1-2,4,6,8-9H2. The lowest BCUT2D eigenvalue weighted by atomic mass is 9.85. The van der Waals surface area contributed by atoms with E-state index in [1.54, 1.807) is 12.1 Å². The molecule has 112 valence electrons. The number of halogens is 1. The smallest absolute Gasteiger partial charge is 0.284 e. The maximum atomic E-state index is 12.8. The van der Waals surface area contributed by atoms with Crippen LogP contribution in [-0.4, -0.2) is 28.3 Å². The van der Waals surface area contributed by atoms with E-state index in [1.165, 1.54) is 25.3 Å². The van der Waals surface area contributed by atoms with Crippen molar-refractivity contribution in [1.29, 1.82) is 0 Å². The van der Waals surface area contributed by atoms with Crippen LogP contribution in [0.15, 0.2) is 22.7 Å². The van der Waals surface area contributed by atoms with Crippen molar-refractivity contribution in [3.8, 4) is 0 Å². The largest absolute Gasteiger partial charge is 0.335 e. The van der Waals surface area contributed by atoms with Crippen LogP contribution >= 0.6 is 15.9 Å². The number of nitrogens with zero attached hydrogens (tertiary/aromatic N) is 2. The Hall–Kier alpha value is -1.43. The van der Waals surface area contributed by atoms with Crippen LogP contribution in [0.4, 0.5) is 5.69 Å². The van der Waals surface area contributed by atoms with Crippen LogP contribution in [0.2, 0.25) is 0 Å². The molecular formula is C15H17BrN2O3. The number of benzene rings is 1. The van der Waals surface area contributed by atoms with Gasteiger partial charge in [0.15, 0.2) is 0 Å². The summed E-state index contributed by atoms with van der Waals surface area (Å²) in [6, 6.07) is 4.96. The van der Waals surface area contributed by atoms with Gasteiger partial charge in [-0.3, -0.25) is 14.9 Å². The molecule has 2 unspecified atom stereocenters. The summed E-state index contributed by atoms with van der Waals surface area (Å²) in [6.07, 6.45) is 5.74. The molecule has 0 spiro atoms. The van der Waals surface area contributed by atoms with E-state index < -0.39 is 4.92 Å². The maximum Gasteiger partial charge on any atom is 0.284 e. The van der Waals surface area contributed by atoms with Gasteiger partial charge >= 0.3 is 0 Å². The summed E-state index contributed by atoms with van der Waals surface area (Å²) in [5, 5.41) is 11.0. The van der Waals surface area contributed by atoms with Crippen molar-refractivity contribution in [3.63, 3.8) is 0 Å².